The van der Waals surface area contributed by atoms with Gasteiger partial charge in [-0.25, -0.2) is 0 Å². The monoisotopic (exact) mass is 400 g/mol. The molecule has 1 aromatic carbocycles. The Hall–Kier alpha value is -2.06. The molecule has 0 unspecified atom stereocenters. The standard InChI is InChI=1S/C18H20ClF3N4O/c1-13-9-16(18(20,21)22)26(23-13)12-17(27)25-7-5-24(6-8-25)11-14-3-2-4-15(19)10-14/h2-4,9-10H,5-8,11-12H2,1H3. The minimum absolute atomic E-state index is 0.237. The number of halogens is 4. The van der Waals surface area contributed by atoms with Crippen LogP contribution in [0.2, 0.25) is 5.02 Å². The van der Waals surface area contributed by atoms with Gasteiger partial charge in [0.2, 0.25) is 5.91 Å². The lowest BCUT2D eigenvalue weighted by molar-refractivity contribution is -0.146. The topological polar surface area (TPSA) is 41.4 Å². The molecule has 0 saturated carbocycles. The Balaban J connectivity index is 1.56. The number of aromatic nitrogens is 2. The molecule has 2 heterocycles. The van der Waals surface area contributed by atoms with Crippen molar-refractivity contribution in [2.75, 3.05) is 26.2 Å². The number of hydrogen-bond donors (Lipinski definition) is 0. The molecule has 0 atom stereocenters. The summed E-state index contributed by atoms with van der Waals surface area (Å²) >= 11 is 5.99. The lowest BCUT2D eigenvalue weighted by Gasteiger charge is -2.34. The molecule has 146 valence electrons. The number of alkyl halides is 3. The summed E-state index contributed by atoms with van der Waals surface area (Å²) in [5, 5.41) is 4.49. The lowest BCUT2D eigenvalue weighted by atomic mass is 10.2. The molecule has 0 N–H and O–H groups in total. The number of hydrogen-bond acceptors (Lipinski definition) is 3. The summed E-state index contributed by atoms with van der Waals surface area (Å²) in [6.45, 7) is 4.05. The molecule has 3 rings (SSSR count). The molecule has 5 nitrogen and oxygen atoms in total. The van der Waals surface area contributed by atoms with E-state index in [0.29, 0.717) is 31.2 Å². The van der Waals surface area contributed by atoms with E-state index in [-0.39, 0.29) is 11.6 Å². The number of aryl methyl sites for hydroxylation is 1. The minimum atomic E-state index is -4.53. The van der Waals surface area contributed by atoms with Gasteiger partial charge in [0.1, 0.15) is 12.2 Å². The van der Waals surface area contributed by atoms with Gasteiger partial charge in [-0.15, -0.1) is 0 Å². The number of rotatable bonds is 4. The molecule has 1 fully saturated rings. The Morgan fingerprint density at radius 2 is 1.89 bits per heavy atom. The van der Waals surface area contributed by atoms with E-state index in [2.05, 4.69) is 10.00 Å². The van der Waals surface area contributed by atoms with Gasteiger partial charge in [0.25, 0.3) is 0 Å². The van der Waals surface area contributed by atoms with E-state index in [1.807, 2.05) is 24.3 Å². The first-order valence-corrected chi connectivity index (χ1v) is 8.96. The molecular formula is C18H20ClF3N4O. The molecule has 1 aliphatic heterocycles. The third-order valence-corrected chi connectivity index (χ3v) is 4.73. The molecule has 0 radical (unpaired) electrons. The highest BCUT2D eigenvalue weighted by atomic mass is 35.5. The van der Waals surface area contributed by atoms with E-state index in [1.165, 1.54) is 6.92 Å². The van der Waals surface area contributed by atoms with Gasteiger partial charge in [-0.2, -0.15) is 18.3 Å². The third kappa shape index (κ3) is 5.01. The van der Waals surface area contributed by atoms with Crippen molar-refractivity contribution in [3.8, 4) is 0 Å². The van der Waals surface area contributed by atoms with Crippen LogP contribution in [0.25, 0.3) is 0 Å². The van der Waals surface area contributed by atoms with Crippen molar-refractivity contribution < 1.29 is 18.0 Å². The van der Waals surface area contributed by atoms with Crippen molar-refractivity contribution in [2.24, 2.45) is 0 Å². The maximum atomic E-state index is 13.0. The van der Waals surface area contributed by atoms with Crippen LogP contribution in [0.1, 0.15) is 17.0 Å². The largest absolute Gasteiger partial charge is 0.433 e. The molecule has 1 saturated heterocycles. The fraction of sp³-hybridized carbons (Fsp3) is 0.444. The summed E-state index contributed by atoms with van der Waals surface area (Å²) in [5.41, 5.74) is 0.429. The average molecular weight is 401 g/mol. The normalized spacial score (nSPS) is 16.0. The van der Waals surface area contributed by atoms with Crippen LogP contribution in [-0.4, -0.2) is 51.7 Å². The van der Waals surface area contributed by atoms with Gasteiger partial charge in [-0.05, 0) is 30.7 Å². The van der Waals surface area contributed by atoms with Crippen LogP contribution >= 0.6 is 11.6 Å². The number of carbonyl (C=O) groups excluding carboxylic acids is 1. The minimum Gasteiger partial charge on any atom is -0.339 e. The van der Waals surface area contributed by atoms with Gasteiger partial charge in [-0.1, -0.05) is 23.7 Å². The van der Waals surface area contributed by atoms with Crippen LogP contribution in [0, 0.1) is 6.92 Å². The van der Waals surface area contributed by atoms with Crippen LogP contribution in [0.3, 0.4) is 0 Å². The Kier molecular flexibility index (Phi) is 5.76. The van der Waals surface area contributed by atoms with Crippen molar-refractivity contribution in [3.63, 3.8) is 0 Å². The van der Waals surface area contributed by atoms with Gasteiger partial charge in [0.15, 0.2) is 0 Å². The Bertz CT molecular complexity index is 813. The molecule has 0 spiro atoms. The lowest BCUT2D eigenvalue weighted by Crippen LogP contribution is -2.49. The Morgan fingerprint density at radius 1 is 1.19 bits per heavy atom. The van der Waals surface area contributed by atoms with Crippen LogP contribution in [0.15, 0.2) is 30.3 Å². The number of nitrogens with zero attached hydrogens (tertiary/aromatic N) is 4. The highest BCUT2D eigenvalue weighted by Crippen LogP contribution is 2.29. The molecule has 2 aromatic rings. The van der Waals surface area contributed by atoms with Crippen molar-refractivity contribution >= 4 is 17.5 Å². The highest BCUT2D eigenvalue weighted by Gasteiger charge is 2.36. The number of benzene rings is 1. The maximum Gasteiger partial charge on any atom is 0.433 e. The zero-order valence-corrected chi connectivity index (χ0v) is 15.6. The first-order valence-electron chi connectivity index (χ1n) is 8.58. The number of carbonyl (C=O) groups is 1. The summed E-state index contributed by atoms with van der Waals surface area (Å²) in [6.07, 6.45) is -4.53. The first-order chi connectivity index (χ1) is 12.7. The average Bonchev–Trinajstić information content (AvgIpc) is 2.96. The predicted octanol–water partition coefficient (Wildman–Crippen LogP) is 3.21. The zero-order valence-electron chi connectivity index (χ0n) is 14.8. The summed E-state index contributed by atoms with van der Waals surface area (Å²) in [7, 11) is 0. The number of piperazine rings is 1. The van der Waals surface area contributed by atoms with Gasteiger partial charge < -0.3 is 4.90 Å². The van der Waals surface area contributed by atoms with Crippen molar-refractivity contribution in [1.82, 2.24) is 19.6 Å². The molecule has 9 heteroatoms. The van der Waals surface area contributed by atoms with E-state index < -0.39 is 18.4 Å². The highest BCUT2D eigenvalue weighted by molar-refractivity contribution is 6.30. The van der Waals surface area contributed by atoms with Gasteiger partial charge in [0, 0.05) is 37.7 Å². The van der Waals surface area contributed by atoms with Crippen molar-refractivity contribution in [1.29, 1.82) is 0 Å². The SMILES string of the molecule is Cc1cc(C(F)(F)F)n(CC(=O)N2CCN(Cc3cccc(Cl)c3)CC2)n1. The molecule has 1 aliphatic rings. The van der Waals surface area contributed by atoms with Gasteiger partial charge in [0.05, 0.1) is 5.69 Å². The maximum absolute atomic E-state index is 13.0. The van der Waals surface area contributed by atoms with Crippen LogP contribution < -0.4 is 0 Å². The van der Waals surface area contributed by atoms with Crippen molar-refractivity contribution in [3.05, 3.63) is 52.3 Å². The third-order valence-electron chi connectivity index (χ3n) is 4.50. The van der Waals surface area contributed by atoms with E-state index in [0.717, 1.165) is 22.9 Å². The van der Waals surface area contributed by atoms with Gasteiger partial charge >= 0.3 is 6.18 Å². The quantitative estimate of drug-likeness (QED) is 0.791. The smallest absolute Gasteiger partial charge is 0.339 e. The van der Waals surface area contributed by atoms with E-state index in [4.69, 9.17) is 11.6 Å². The summed E-state index contributed by atoms with van der Waals surface area (Å²) in [4.78, 5) is 16.2. The van der Waals surface area contributed by atoms with E-state index in [9.17, 15) is 18.0 Å². The predicted molar refractivity (Wildman–Crippen MR) is 95.3 cm³/mol. The first kappa shape index (κ1) is 19.7. The molecule has 27 heavy (non-hydrogen) atoms. The van der Waals surface area contributed by atoms with Gasteiger partial charge in [-0.3, -0.25) is 14.4 Å². The van der Waals surface area contributed by atoms with Crippen LogP contribution in [0.4, 0.5) is 13.2 Å². The Labute approximate surface area is 160 Å². The fourth-order valence-electron chi connectivity index (χ4n) is 3.17. The second-order valence-corrected chi connectivity index (χ2v) is 7.05. The molecule has 1 amide bonds. The fourth-order valence-corrected chi connectivity index (χ4v) is 3.38. The summed E-state index contributed by atoms with van der Waals surface area (Å²) < 4.78 is 39.9. The van der Waals surface area contributed by atoms with Crippen LogP contribution in [-0.2, 0) is 24.1 Å². The second-order valence-electron chi connectivity index (χ2n) is 6.61. The van der Waals surface area contributed by atoms with E-state index in [1.54, 1.807) is 4.90 Å². The molecular weight excluding hydrogens is 381 g/mol. The van der Waals surface area contributed by atoms with Crippen LogP contribution in [0.5, 0.6) is 0 Å². The molecule has 1 aromatic heterocycles. The number of amides is 1. The second kappa shape index (κ2) is 7.90. The summed E-state index contributed by atoms with van der Waals surface area (Å²) in [6, 6.07) is 8.55. The van der Waals surface area contributed by atoms with Crippen molar-refractivity contribution in [2.45, 2.75) is 26.2 Å². The summed E-state index contributed by atoms with van der Waals surface area (Å²) in [5.74, 6) is -0.356. The zero-order chi connectivity index (χ0) is 19.6. The molecule has 0 bridgehead atoms. The Morgan fingerprint density at radius 3 is 2.52 bits per heavy atom. The van der Waals surface area contributed by atoms with E-state index >= 15 is 0 Å². The molecule has 0 aliphatic carbocycles.